The molecule has 0 bridgehead atoms. The van der Waals surface area contributed by atoms with Gasteiger partial charge >= 0.3 is 5.97 Å². The van der Waals surface area contributed by atoms with E-state index in [9.17, 15) is 22.8 Å². The SMILES string of the molecule is Cc1noc(C)c1COC(=O)C(CCS(C)(=O)=O)N1C(=O)c2ccccc2C1=O. The second kappa shape index (κ2) is 7.78. The Morgan fingerprint density at radius 1 is 1.17 bits per heavy atom. The van der Waals surface area contributed by atoms with E-state index < -0.39 is 33.7 Å². The minimum atomic E-state index is -3.44. The predicted molar refractivity (Wildman–Crippen MR) is 101 cm³/mol. The molecule has 1 atom stereocenters. The van der Waals surface area contributed by atoms with Crippen LogP contribution in [0.4, 0.5) is 0 Å². The summed E-state index contributed by atoms with van der Waals surface area (Å²) in [5.41, 5.74) is 1.45. The third-order valence-electron chi connectivity index (χ3n) is 4.71. The van der Waals surface area contributed by atoms with Gasteiger partial charge in [0, 0.05) is 6.26 Å². The summed E-state index contributed by atoms with van der Waals surface area (Å²) in [6, 6.07) is 4.82. The Morgan fingerprint density at radius 2 is 1.76 bits per heavy atom. The van der Waals surface area contributed by atoms with Gasteiger partial charge in [-0.2, -0.15) is 0 Å². The highest BCUT2D eigenvalue weighted by Gasteiger charge is 2.43. The first-order valence-corrected chi connectivity index (χ1v) is 10.9. The van der Waals surface area contributed by atoms with Crippen molar-refractivity contribution in [2.45, 2.75) is 32.9 Å². The molecule has 1 unspecified atom stereocenters. The van der Waals surface area contributed by atoms with E-state index >= 15 is 0 Å². The lowest BCUT2D eigenvalue weighted by molar-refractivity contribution is -0.149. The summed E-state index contributed by atoms with van der Waals surface area (Å²) in [5.74, 6) is -2.09. The number of amides is 2. The molecule has 2 aromatic rings. The number of fused-ring (bicyclic) bond motifs is 1. The second-order valence-corrected chi connectivity index (χ2v) is 9.13. The summed E-state index contributed by atoms with van der Waals surface area (Å²) in [4.78, 5) is 39.1. The van der Waals surface area contributed by atoms with Crippen molar-refractivity contribution in [3.63, 3.8) is 0 Å². The fraction of sp³-hybridized carbons (Fsp3) is 0.368. The van der Waals surface area contributed by atoms with Crippen molar-refractivity contribution < 1.29 is 32.1 Å². The molecule has 9 nitrogen and oxygen atoms in total. The second-order valence-electron chi connectivity index (χ2n) is 6.87. The number of nitrogens with zero attached hydrogens (tertiary/aromatic N) is 2. The number of aromatic nitrogens is 1. The summed E-state index contributed by atoms with van der Waals surface area (Å²) in [6.07, 6.45) is 0.756. The monoisotopic (exact) mass is 420 g/mol. The van der Waals surface area contributed by atoms with Gasteiger partial charge in [0.25, 0.3) is 11.8 Å². The maximum absolute atomic E-state index is 12.8. The van der Waals surface area contributed by atoms with Crippen LogP contribution in [-0.2, 0) is 26.0 Å². The van der Waals surface area contributed by atoms with Crippen LogP contribution in [-0.4, -0.2) is 54.3 Å². The molecule has 0 N–H and O–H groups in total. The molecule has 0 fully saturated rings. The molecule has 10 heteroatoms. The van der Waals surface area contributed by atoms with E-state index in [1.165, 1.54) is 12.1 Å². The van der Waals surface area contributed by atoms with Crippen LogP contribution < -0.4 is 0 Å². The number of benzene rings is 1. The Labute approximate surface area is 167 Å². The van der Waals surface area contributed by atoms with Gasteiger partial charge in [-0.1, -0.05) is 17.3 Å². The van der Waals surface area contributed by atoms with Crippen LogP contribution in [0.5, 0.6) is 0 Å². The summed E-state index contributed by atoms with van der Waals surface area (Å²) >= 11 is 0. The van der Waals surface area contributed by atoms with Gasteiger partial charge in [0.05, 0.1) is 28.1 Å². The van der Waals surface area contributed by atoms with E-state index in [4.69, 9.17) is 9.26 Å². The van der Waals surface area contributed by atoms with Crippen LogP contribution in [0.2, 0.25) is 0 Å². The molecule has 3 rings (SSSR count). The molecule has 0 radical (unpaired) electrons. The zero-order valence-corrected chi connectivity index (χ0v) is 17.0. The van der Waals surface area contributed by atoms with Crippen LogP contribution in [0.25, 0.3) is 0 Å². The highest BCUT2D eigenvalue weighted by molar-refractivity contribution is 7.90. The number of carbonyl (C=O) groups excluding carboxylic acids is 3. The molecule has 1 aliphatic rings. The van der Waals surface area contributed by atoms with Crippen molar-refractivity contribution in [2.75, 3.05) is 12.0 Å². The zero-order valence-electron chi connectivity index (χ0n) is 16.2. The molecule has 0 saturated carbocycles. The number of aryl methyl sites for hydroxylation is 2. The molecular formula is C19H20N2O7S. The Balaban J connectivity index is 1.86. The number of hydrogen-bond acceptors (Lipinski definition) is 8. The molecule has 29 heavy (non-hydrogen) atoms. The van der Waals surface area contributed by atoms with Gasteiger partial charge in [0.2, 0.25) is 0 Å². The molecule has 2 amide bonds. The number of carbonyl (C=O) groups is 3. The summed E-state index contributed by atoms with van der Waals surface area (Å²) < 4.78 is 33.6. The highest BCUT2D eigenvalue weighted by atomic mass is 32.2. The average molecular weight is 420 g/mol. The Bertz CT molecular complexity index is 1030. The first-order chi connectivity index (χ1) is 13.6. The molecule has 1 aromatic carbocycles. The highest BCUT2D eigenvalue weighted by Crippen LogP contribution is 2.26. The number of esters is 1. The van der Waals surface area contributed by atoms with E-state index in [0.29, 0.717) is 17.0 Å². The van der Waals surface area contributed by atoms with E-state index in [1.54, 1.807) is 26.0 Å². The fourth-order valence-electron chi connectivity index (χ4n) is 3.12. The predicted octanol–water partition coefficient (Wildman–Crippen LogP) is 1.43. The first kappa shape index (κ1) is 20.7. The standard InChI is InChI=1S/C19H20N2O7S/c1-11-15(12(2)28-20-11)10-27-19(24)16(8-9-29(3,25)26)21-17(22)13-6-4-5-7-14(13)18(21)23/h4-7,16H,8-10H2,1-3H3. The number of ether oxygens (including phenoxy) is 1. The van der Waals surface area contributed by atoms with Gasteiger partial charge in [0.1, 0.15) is 28.2 Å². The van der Waals surface area contributed by atoms with Crippen LogP contribution in [0.15, 0.2) is 28.8 Å². The Hall–Kier alpha value is -3.01. The van der Waals surface area contributed by atoms with Gasteiger partial charge in [-0.15, -0.1) is 0 Å². The lowest BCUT2D eigenvalue weighted by Gasteiger charge is -2.24. The summed E-state index contributed by atoms with van der Waals surface area (Å²) in [5, 5.41) is 3.77. The lowest BCUT2D eigenvalue weighted by Crippen LogP contribution is -2.46. The Morgan fingerprint density at radius 3 is 2.24 bits per heavy atom. The van der Waals surface area contributed by atoms with E-state index in [0.717, 1.165) is 11.2 Å². The molecule has 154 valence electrons. The van der Waals surface area contributed by atoms with Crippen LogP contribution in [0.3, 0.4) is 0 Å². The third-order valence-corrected chi connectivity index (χ3v) is 5.69. The number of rotatable bonds is 7. The molecule has 2 heterocycles. The smallest absolute Gasteiger partial charge is 0.329 e. The van der Waals surface area contributed by atoms with Gasteiger partial charge in [0.15, 0.2) is 0 Å². The first-order valence-electron chi connectivity index (χ1n) is 8.83. The largest absolute Gasteiger partial charge is 0.459 e. The summed E-state index contributed by atoms with van der Waals surface area (Å²) in [6.45, 7) is 3.18. The number of sulfone groups is 1. The molecule has 0 saturated heterocycles. The van der Waals surface area contributed by atoms with E-state index in [2.05, 4.69) is 5.16 Å². The van der Waals surface area contributed by atoms with Gasteiger partial charge in [-0.25, -0.2) is 13.2 Å². The molecule has 1 aliphatic heterocycles. The normalized spacial score (nSPS) is 14.8. The molecule has 0 aliphatic carbocycles. The van der Waals surface area contributed by atoms with Crippen LogP contribution in [0, 0.1) is 13.8 Å². The number of hydrogen-bond donors (Lipinski definition) is 0. The van der Waals surface area contributed by atoms with E-state index in [-0.39, 0.29) is 29.9 Å². The average Bonchev–Trinajstić information content (AvgIpc) is 3.11. The van der Waals surface area contributed by atoms with Gasteiger partial charge in [-0.3, -0.25) is 14.5 Å². The maximum atomic E-state index is 12.8. The fourth-order valence-corrected chi connectivity index (χ4v) is 3.77. The van der Waals surface area contributed by atoms with Crippen molar-refractivity contribution >= 4 is 27.6 Å². The summed E-state index contributed by atoms with van der Waals surface area (Å²) in [7, 11) is -3.44. The zero-order chi connectivity index (χ0) is 21.3. The van der Waals surface area contributed by atoms with E-state index in [1.807, 2.05) is 0 Å². The molecule has 0 spiro atoms. The van der Waals surface area contributed by atoms with Crippen molar-refractivity contribution in [1.29, 1.82) is 0 Å². The Kier molecular flexibility index (Phi) is 5.56. The quantitative estimate of drug-likeness (QED) is 0.487. The molecule has 1 aromatic heterocycles. The van der Waals surface area contributed by atoms with Crippen molar-refractivity contribution in [3.8, 4) is 0 Å². The minimum absolute atomic E-state index is 0.167. The van der Waals surface area contributed by atoms with Crippen LogP contribution in [0.1, 0.15) is 44.2 Å². The van der Waals surface area contributed by atoms with Gasteiger partial charge < -0.3 is 9.26 Å². The van der Waals surface area contributed by atoms with Gasteiger partial charge in [-0.05, 0) is 32.4 Å². The number of imide groups is 1. The lowest BCUT2D eigenvalue weighted by atomic mass is 10.1. The van der Waals surface area contributed by atoms with Crippen molar-refractivity contribution in [2.24, 2.45) is 0 Å². The van der Waals surface area contributed by atoms with Crippen LogP contribution >= 0.6 is 0 Å². The van der Waals surface area contributed by atoms with Crippen molar-refractivity contribution in [3.05, 3.63) is 52.4 Å². The maximum Gasteiger partial charge on any atom is 0.329 e. The van der Waals surface area contributed by atoms with Crippen molar-refractivity contribution in [1.82, 2.24) is 10.1 Å². The topological polar surface area (TPSA) is 124 Å². The molecular weight excluding hydrogens is 400 g/mol. The third kappa shape index (κ3) is 4.21. The minimum Gasteiger partial charge on any atom is -0.459 e.